The number of nitrogen functional groups attached to an aromatic ring is 1. The average molecular weight is 178 g/mol. The van der Waals surface area contributed by atoms with Crippen molar-refractivity contribution >= 4 is 5.82 Å². The van der Waals surface area contributed by atoms with E-state index < -0.39 is 0 Å². The molecule has 4 nitrogen and oxygen atoms in total. The summed E-state index contributed by atoms with van der Waals surface area (Å²) in [5.41, 5.74) is 8.03. The topological polar surface area (TPSA) is 55.0 Å². The fourth-order valence-corrected chi connectivity index (χ4v) is 1.80. The summed E-state index contributed by atoms with van der Waals surface area (Å²) in [6.45, 7) is 3.18. The van der Waals surface area contributed by atoms with Gasteiger partial charge in [0.25, 0.3) is 0 Å². The summed E-state index contributed by atoms with van der Waals surface area (Å²) in [6.07, 6.45) is 2.52. The highest BCUT2D eigenvalue weighted by molar-refractivity contribution is 5.44. The number of nitrogens with two attached hydrogens (primary N) is 1. The molecule has 2 N–H and O–H groups in total. The van der Waals surface area contributed by atoms with Gasteiger partial charge >= 0.3 is 0 Å². The van der Waals surface area contributed by atoms with Crippen LogP contribution in [-0.4, -0.2) is 28.5 Å². The summed E-state index contributed by atoms with van der Waals surface area (Å²) in [5.74, 6) is 0.629. The highest BCUT2D eigenvalue weighted by atomic mass is 15.1. The number of aromatic nitrogens is 2. The minimum absolute atomic E-state index is 0.338. The van der Waals surface area contributed by atoms with Crippen LogP contribution in [0.25, 0.3) is 0 Å². The molecule has 2 heterocycles. The summed E-state index contributed by atoms with van der Waals surface area (Å²) >= 11 is 0. The van der Waals surface area contributed by atoms with Crippen LogP contribution in [0.1, 0.15) is 24.2 Å². The van der Waals surface area contributed by atoms with Gasteiger partial charge in [0.1, 0.15) is 12.1 Å². The second kappa shape index (κ2) is 2.96. The molecule has 0 saturated carbocycles. The second-order valence-corrected chi connectivity index (χ2v) is 3.53. The smallest absolute Gasteiger partial charge is 0.131 e. The number of fused-ring (bicyclic) bond motifs is 1. The van der Waals surface area contributed by atoms with E-state index in [-0.39, 0.29) is 0 Å². The van der Waals surface area contributed by atoms with Crippen molar-refractivity contribution in [3.63, 3.8) is 0 Å². The lowest BCUT2D eigenvalue weighted by atomic mass is 9.99. The van der Waals surface area contributed by atoms with Crippen LogP contribution >= 0.6 is 0 Å². The molecule has 13 heavy (non-hydrogen) atoms. The molecule has 0 bridgehead atoms. The number of anilines is 1. The minimum atomic E-state index is 0.338. The van der Waals surface area contributed by atoms with Crippen LogP contribution in [0.5, 0.6) is 0 Å². The summed E-state index contributed by atoms with van der Waals surface area (Å²) in [6, 6.07) is 0.338. The monoisotopic (exact) mass is 178 g/mol. The molecule has 0 saturated heterocycles. The maximum Gasteiger partial charge on any atom is 0.131 e. The molecule has 0 aliphatic carbocycles. The third-order valence-corrected chi connectivity index (χ3v) is 2.78. The van der Waals surface area contributed by atoms with E-state index in [1.165, 1.54) is 0 Å². The van der Waals surface area contributed by atoms with Crippen LogP contribution in [0.2, 0.25) is 0 Å². The largest absolute Gasteiger partial charge is 0.383 e. The standard InChI is InChI=1S/C9H14N4/c1-6-8-7(3-4-13(6)2)11-5-12-9(8)10/h5-6H,3-4H2,1-2H3,(H2,10,11,12). The molecule has 4 heteroatoms. The number of rotatable bonds is 0. The quantitative estimate of drug-likeness (QED) is 0.632. The van der Waals surface area contributed by atoms with Crippen LogP contribution in [0.3, 0.4) is 0 Å². The lowest BCUT2D eigenvalue weighted by Gasteiger charge is -2.31. The van der Waals surface area contributed by atoms with Crippen molar-refractivity contribution < 1.29 is 0 Å². The van der Waals surface area contributed by atoms with Gasteiger partial charge < -0.3 is 5.73 Å². The Bertz CT molecular complexity index is 323. The van der Waals surface area contributed by atoms with Gasteiger partial charge in [-0.15, -0.1) is 0 Å². The normalized spacial score (nSPS) is 22.8. The Morgan fingerprint density at radius 3 is 3.08 bits per heavy atom. The molecular formula is C9H14N4. The Kier molecular flexibility index (Phi) is 1.92. The Morgan fingerprint density at radius 2 is 2.31 bits per heavy atom. The van der Waals surface area contributed by atoms with Gasteiger partial charge in [-0.05, 0) is 14.0 Å². The van der Waals surface area contributed by atoms with Gasteiger partial charge in [-0.2, -0.15) is 0 Å². The molecule has 1 atom stereocenters. The molecule has 1 aromatic heterocycles. The zero-order valence-electron chi connectivity index (χ0n) is 7.99. The van der Waals surface area contributed by atoms with Gasteiger partial charge in [0, 0.05) is 24.6 Å². The Morgan fingerprint density at radius 1 is 1.54 bits per heavy atom. The van der Waals surface area contributed by atoms with E-state index in [0.717, 1.165) is 24.2 Å². The van der Waals surface area contributed by atoms with E-state index in [0.29, 0.717) is 11.9 Å². The van der Waals surface area contributed by atoms with Gasteiger partial charge in [-0.1, -0.05) is 0 Å². The third-order valence-electron chi connectivity index (χ3n) is 2.78. The molecule has 1 aromatic rings. The van der Waals surface area contributed by atoms with Crippen molar-refractivity contribution in [3.05, 3.63) is 17.6 Å². The van der Waals surface area contributed by atoms with Gasteiger partial charge in [0.05, 0.1) is 5.69 Å². The molecule has 0 amide bonds. The molecule has 0 fully saturated rings. The highest BCUT2D eigenvalue weighted by Crippen LogP contribution is 2.29. The van der Waals surface area contributed by atoms with E-state index >= 15 is 0 Å². The fourth-order valence-electron chi connectivity index (χ4n) is 1.80. The second-order valence-electron chi connectivity index (χ2n) is 3.53. The molecule has 0 aromatic carbocycles. The van der Waals surface area contributed by atoms with E-state index in [1.807, 2.05) is 0 Å². The average Bonchev–Trinajstić information content (AvgIpc) is 2.12. The predicted molar refractivity (Wildman–Crippen MR) is 51.2 cm³/mol. The first-order valence-electron chi connectivity index (χ1n) is 4.49. The molecule has 1 unspecified atom stereocenters. The maximum absolute atomic E-state index is 5.82. The lowest BCUT2D eigenvalue weighted by molar-refractivity contribution is 0.245. The third kappa shape index (κ3) is 1.27. The molecule has 70 valence electrons. The zero-order valence-corrected chi connectivity index (χ0v) is 7.99. The van der Waals surface area contributed by atoms with Crippen LogP contribution in [-0.2, 0) is 6.42 Å². The van der Waals surface area contributed by atoms with Crippen molar-refractivity contribution in [2.45, 2.75) is 19.4 Å². The van der Waals surface area contributed by atoms with Gasteiger partial charge in [0.2, 0.25) is 0 Å². The highest BCUT2D eigenvalue weighted by Gasteiger charge is 2.24. The molecule has 1 aliphatic rings. The van der Waals surface area contributed by atoms with Crippen molar-refractivity contribution in [3.8, 4) is 0 Å². The van der Waals surface area contributed by atoms with E-state index in [1.54, 1.807) is 6.33 Å². The minimum Gasteiger partial charge on any atom is -0.383 e. The van der Waals surface area contributed by atoms with Crippen molar-refractivity contribution in [2.24, 2.45) is 0 Å². The summed E-state index contributed by atoms with van der Waals surface area (Å²) in [5, 5.41) is 0. The number of nitrogens with zero attached hydrogens (tertiary/aromatic N) is 3. The first kappa shape index (κ1) is 8.44. The number of hydrogen-bond acceptors (Lipinski definition) is 4. The molecule has 2 rings (SSSR count). The summed E-state index contributed by atoms with van der Waals surface area (Å²) < 4.78 is 0. The summed E-state index contributed by atoms with van der Waals surface area (Å²) in [4.78, 5) is 10.5. The SMILES string of the molecule is CC1c2c(N)ncnc2CCN1C. The van der Waals surface area contributed by atoms with E-state index in [4.69, 9.17) is 5.73 Å². The molecule has 0 spiro atoms. The summed E-state index contributed by atoms with van der Waals surface area (Å²) in [7, 11) is 2.10. The molecular weight excluding hydrogens is 164 g/mol. The van der Waals surface area contributed by atoms with Gasteiger partial charge in [-0.25, -0.2) is 9.97 Å². The zero-order chi connectivity index (χ0) is 9.42. The van der Waals surface area contributed by atoms with Crippen molar-refractivity contribution in [1.82, 2.24) is 14.9 Å². The van der Waals surface area contributed by atoms with E-state index in [9.17, 15) is 0 Å². The Balaban J connectivity index is 2.51. The van der Waals surface area contributed by atoms with Gasteiger partial charge in [0.15, 0.2) is 0 Å². The fraction of sp³-hybridized carbons (Fsp3) is 0.556. The number of likely N-dealkylation sites (N-methyl/N-ethyl adjacent to an activating group) is 1. The van der Waals surface area contributed by atoms with Crippen molar-refractivity contribution in [1.29, 1.82) is 0 Å². The number of hydrogen-bond donors (Lipinski definition) is 1. The van der Waals surface area contributed by atoms with Crippen LogP contribution in [0.15, 0.2) is 6.33 Å². The predicted octanol–water partition coefficient (Wildman–Crippen LogP) is 0.608. The van der Waals surface area contributed by atoms with Crippen molar-refractivity contribution in [2.75, 3.05) is 19.3 Å². The van der Waals surface area contributed by atoms with Crippen LogP contribution in [0.4, 0.5) is 5.82 Å². The molecule has 0 radical (unpaired) electrons. The Hall–Kier alpha value is -1.16. The maximum atomic E-state index is 5.82. The van der Waals surface area contributed by atoms with Gasteiger partial charge in [-0.3, -0.25) is 4.90 Å². The van der Waals surface area contributed by atoms with Crippen LogP contribution < -0.4 is 5.73 Å². The first-order chi connectivity index (χ1) is 6.20. The van der Waals surface area contributed by atoms with Crippen LogP contribution in [0, 0.1) is 0 Å². The Labute approximate surface area is 77.8 Å². The van der Waals surface area contributed by atoms with E-state index in [2.05, 4.69) is 28.8 Å². The molecule has 1 aliphatic heterocycles. The lowest BCUT2D eigenvalue weighted by Crippen LogP contribution is -2.32. The first-order valence-corrected chi connectivity index (χ1v) is 4.49.